The maximum atomic E-state index is 13.6. The molecule has 36 heavy (non-hydrogen) atoms. The van der Waals surface area contributed by atoms with Gasteiger partial charge in [-0.3, -0.25) is 5.32 Å². The molecule has 0 radical (unpaired) electrons. The summed E-state index contributed by atoms with van der Waals surface area (Å²) in [6, 6.07) is 5.02. The average molecular weight is 538 g/mol. The SMILES string of the molecule is COCC(COC)CC1(c2nc(C(F)(F)F)nc(C(F)(F)F)n2)NCCc2c1[nH]c1ccc(Cl)cc21. The fourth-order valence-corrected chi connectivity index (χ4v) is 4.85. The smallest absolute Gasteiger partial charge is 0.384 e. The maximum Gasteiger partial charge on any atom is 0.451 e. The summed E-state index contributed by atoms with van der Waals surface area (Å²) >= 11 is 6.17. The van der Waals surface area contributed by atoms with Gasteiger partial charge < -0.3 is 14.5 Å². The van der Waals surface area contributed by atoms with Crippen molar-refractivity contribution < 1.29 is 35.8 Å². The molecule has 0 saturated carbocycles. The third-order valence-corrected chi connectivity index (χ3v) is 6.26. The average Bonchev–Trinajstić information content (AvgIpc) is 3.17. The summed E-state index contributed by atoms with van der Waals surface area (Å²) in [6.45, 7) is 0.484. The Morgan fingerprint density at radius 2 is 1.61 bits per heavy atom. The lowest BCUT2D eigenvalue weighted by Gasteiger charge is -2.39. The molecule has 3 aromatic rings. The molecule has 0 amide bonds. The zero-order valence-electron chi connectivity index (χ0n) is 19.1. The van der Waals surface area contributed by atoms with Crippen LogP contribution in [0.3, 0.4) is 0 Å². The van der Waals surface area contributed by atoms with Gasteiger partial charge in [0.15, 0.2) is 5.82 Å². The minimum Gasteiger partial charge on any atom is -0.384 e. The number of benzene rings is 1. The molecule has 0 fully saturated rings. The van der Waals surface area contributed by atoms with Crippen LogP contribution < -0.4 is 5.32 Å². The van der Waals surface area contributed by atoms with E-state index in [1.807, 2.05) is 0 Å². The van der Waals surface area contributed by atoms with Crippen LogP contribution in [0.15, 0.2) is 18.2 Å². The number of hydrogen-bond acceptors (Lipinski definition) is 6. The molecule has 0 saturated heterocycles. The van der Waals surface area contributed by atoms with Gasteiger partial charge in [-0.2, -0.15) is 26.3 Å². The molecule has 1 atom stereocenters. The fourth-order valence-electron chi connectivity index (χ4n) is 4.68. The van der Waals surface area contributed by atoms with E-state index in [0.717, 1.165) is 0 Å². The van der Waals surface area contributed by atoms with Gasteiger partial charge in [-0.25, -0.2) is 15.0 Å². The van der Waals surface area contributed by atoms with Gasteiger partial charge in [-0.15, -0.1) is 0 Å². The summed E-state index contributed by atoms with van der Waals surface area (Å²) in [5, 5.41) is 4.26. The number of H-pyrrole nitrogens is 1. The summed E-state index contributed by atoms with van der Waals surface area (Å²) in [7, 11) is 2.87. The van der Waals surface area contributed by atoms with Crippen molar-refractivity contribution in [3.63, 3.8) is 0 Å². The molecular weight excluding hydrogens is 516 g/mol. The van der Waals surface area contributed by atoms with Gasteiger partial charge in [0, 0.05) is 48.3 Å². The van der Waals surface area contributed by atoms with Gasteiger partial charge in [0.1, 0.15) is 5.54 Å². The van der Waals surface area contributed by atoms with Crippen LogP contribution in [0, 0.1) is 5.92 Å². The van der Waals surface area contributed by atoms with Crippen LogP contribution in [-0.2, 0) is 33.8 Å². The summed E-state index contributed by atoms with van der Waals surface area (Å²) in [4.78, 5) is 12.9. The van der Waals surface area contributed by atoms with Gasteiger partial charge in [0.25, 0.3) is 0 Å². The summed E-state index contributed by atoms with van der Waals surface area (Å²) in [6.07, 6.45) is -10.0. The molecule has 2 aromatic heterocycles. The van der Waals surface area contributed by atoms with Crippen LogP contribution in [-0.4, -0.2) is 53.9 Å². The third-order valence-electron chi connectivity index (χ3n) is 6.02. The minimum atomic E-state index is -5.23. The van der Waals surface area contributed by atoms with Crippen LogP contribution in [0.2, 0.25) is 5.02 Å². The van der Waals surface area contributed by atoms with E-state index in [1.165, 1.54) is 14.2 Å². The molecule has 4 rings (SSSR count). The first-order valence-electron chi connectivity index (χ1n) is 10.8. The first-order valence-corrected chi connectivity index (χ1v) is 11.2. The van der Waals surface area contributed by atoms with Crippen molar-refractivity contribution in [2.24, 2.45) is 5.92 Å². The molecule has 3 heterocycles. The molecule has 1 unspecified atom stereocenters. The standard InChI is InChI=1S/C22H22ClF6N5O2/c1-35-9-11(10-36-2)8-20(17-32-18(21(24,25)26)34-19(33-17)22(27,28)29)16-13(5-6-30-20)14-7-12(23)3-4-15(14)31-16/h3-4,7,11,30-31H,5-6,8-10H2,1-2H3. The molecule has 1 aliphatic heterocycles. The number of nitrogens with one attached hydrogen (secondary N) is 2. The van der Waals surface area contributed by atoms with Crippen molar-refractivity contribution >= 4 is 22.5 Å². The number of methoxy groups -OCH3 is 2. The first-order chi connectivity index (χ1) is 16.9. The highest BCUT2D eigenvalue weighted by Gasteiger charge is 2.49. The number of alkyl halides is 6. The van der Waals surface area contributed by atoms with E-state index in [0.29, 0.717) is 33.6 Å². The molecule has 0 aliphatic carbocycles. The number of fused-ring (bicyclic) bond motifs is 3. The molecule has 0 spiro atoms. The van der Waals surface area contributed by atoms with E-state index in [4.69, 9.17) is 21.1 Å². The quantitative estimate of drug-likeness (QED) is 0.424. The van der Waals surface area contributed by atoms with Crippen LogP contribution in [0.4, 0.5) is 26.3 Å². The number of nitrogens with zero attached hydrogens (tertiary/aromatic N) is 3. The molecule has 0 bridgehead atoms. The van der Waals surface area contributed by atoms with Crippen molar-refractivity contribution in [2.45, 2.75) is 30.7 Å². The highest BCUT2D eigenvalue weighted by atomic mass is 35.5. The summed E-state index contributed by atoms with van der Waals surface area (Å²) in [5.74, 6) is -4.99. The number of hydrogen-bond donors (Lipinski definition) is 2. The number of ether oxygens (including phenoxy) is 2. The van der Waals surface area contributed by atoms with Crippen LogP contribution in [0.25, 0.3) is 10.9 Å². The second-order valence-electron chi connectivity index (χ2n) is 8.53. The summed E-state index contributed by atoms with van der Waals surface area (Å²) < 4.78 is 92.3. The Balaban J connectivity index is 2.02. The van der Waals surface area contributed by atoms with Crippen molar-refractivity contribution in [3.05, 3.63) is 52.0 Å². The molecule has 7 nitrogen and oxygen atoms in total. The Bertz CT molecular complexity index is 1210. The van der Waals surface area contributed by atoms with Crippen LogP contribution >= 0.6 is 11.6 Å². The molecule has 14 heteroatoms. The monoisotopic (exact) mass is 537 g/mol. The lowest BCUT2D eigenvalue weighted by atomic mass is 9.79. The Morgan fingerprint density at radius 1 is 1.00 bits per heavy atom. The predicted molar refractivity (Wildman–Crippen MR) is 117 cm³/mol. The van der Waals surface area contributed by atoms with Gasteiger partial charge in [-0.05, 0) is 36.6 Å². The fraction of sp³-hybridized carbons (Fsp3) is 0.500. The van der Waals surface area contributed by atoms with Gasteiger partial charge in [0.2, 0.25) is 11.6 Å². The normalized spacial score (nSPS) is 18.7. The first kappa shape index (κ1) is 26.6. The van der Waals surface area contributed by atoms with Crippen molar-refractivity contribution in [2.75, 3.05) is 34.0 Å². The van der Waals surface area contributed by atoms with Crippen molar-refractivity contribution in [1.29, 1.82) is 0 Å². The van der Waals surface area contributed by atoms with Crippen LogP contribution in [0.5, 0.6) is 0 Å². The lowest BCUT2D eigenvalue weighted by molar-refractivity contribution is -0.155. The van der Waals surface area contributed by atoms with Gasteiger partial charge in [-0.1, -0.05) is 11.6 Å². The zero-order valence-corrected chi connectivity index (χ0v) is 19.9. The van der Waals surface area contributed by atoms with Gasteiger partial charge in [0.05, 0.1) is 13.2 Å². The Kier molecular flexibility index (Phi) is 7.21. The molecular formula is C22H22ClF6N5O2. The second-order valence-corrected chi connectivity index (χ2v) is 8.97. The number of aromatic amines is 1. The highest BCUT2D eigenvalue weighted by molar-refractivity contribution is 6.31. The highest BCUT2D eigenvalue weighted by Crippen LogP contribution is 2.43. The van der Waals surface area contributed by atoms with Crippen molar-refractivity contribution in [1.82, 2.24) is 25.3 Å². The summed E-state index contributed by atoms with van der Waals surface area (Å²) in [5.41, 5.74) is 0.00991. The topological polar surface area (TPSA) is 84.9 Å². The van der Waals surface area contributed by atoms with E-state index >= 15 is 0 Å². The predicted octanol–water partition coefficient (Wildman–Crippen LogP) is 4.73. The molecule has 196 valence electrons. The minimum absolute atomic E-state index is 0.0269. The third kappa shape index (κ3) is 5.01. The Morgan fingerprint density at radius 3 is 2.17 bits per heavy atom. The zero-order chi connectivity index (χ0) is 26.3. The van der Waals surface area contributed by atoms with E-state index in [-0.39, 0.29) is 26.2 Å². The molecule has 2 N–H and O–H groups in total. The number of halogens is 7. The second kappa shape index (κ2) is 9.77. The lowest BCUT2D eigenvalue weighted by Crippen LogP contribution is -2.52. The Hall–Kier alpha value is -2.48. The van der Waals surface area contributed by atoms with Crippen LogP contribution in [0.1, 0.15) is 35.2 Å². The van der Waals surface area contributed by atoms with Gasteiger partial charge >= 0.3 is 12.4 Å². The van der Waals surface area contributed by atoms with E-state index in [9.17, 15) is 26.3 Å². The molecule has 1 aliphatic rings. The molecule has 1 aromatic carbocycles. The Labute approximate surface area is 206 Å². The number of rotatable bonds is 7. The number of aromatic nitrogens is 4. The van der Waals surface area contributed by atoms with E-state index in [1.54, 1.807) is 18.2 Å². The largest absolute Gasteiger partial charge is 0.451 e. The maximum absolute atomic E-state index is 13.6. The van der Waals surface area contributed by atoms with E-state index < -0.39 is 41.3 Å². The van der Waals surface area contributed by atoms with E-state index in [2.05, 4.69) is 25.3 Å². The van der Waals surface area contributed by atoms with Crippen molar-refractivity contribution in [3.8, 4) is 0 Å².